The van der Waals surface area contributed by atoms with Crippen molar-refractivity contribution in [2.75, 3.05) is 19.1 Å². The van der Waals surface area contributed by atoms with Crippen LogP contribution in [0.2, 0.25) is 0 Å². The molecule has 2 N–H and O–H groups in total. The average Bonchev–Trinajstić information content (AvgIpc) is 2.48. The molecule has 1 amide bonds. The third kappa shape index (κ3) is 4.77. The van der Waals surface area contributed by atoms with E-state index in [0.717, 1.165) is 0 Å². The maximum absolute atomic E-state index is 12.5. The Morgan fingerprint density at radius 1 is 1.08 bits per heavy atom. The molecule has 26 heavy (non-hydrogen) atoms. The molecule has 144 valence electrons. The van der Waals surface area contributed by atoms with Gasteiger partial charge in [-0.1, -0.05) is 0 Å². The molecule has 0 heterocycles. The molecule has 0 spiro atoms. The highest BCUT2D eigenvalue weighted by atomic mass is 16.6. The Balaban J connectivity index is 3.60. The summed E-state index contributed by atoms with van der Waals surface area (Å²) in [5.74, 6) is -0.454. The van der Waals surface area contributed by atoms with Gasteiger partial charge in [0.05, 0.1) is 19.2 Å². The van der Waals surface area contributed by atoms with Gasteiger partial charge in [0.2, 0.25) is 0 Å². The molecule has 0 bridgehead atoms. The Bertz CT molecular complexity index is 709. The molecule has 7 nitrogen and oxygen atoms in total. The van der Waals surface area contributed by atoms with Crippen LogP contribution in [0.25, 0.3) is 0 Å². The first-order valence-corrected chi connectivity index (χ1v) is 8.34. The van der Waals surface area contributed by atoms with Crippen LogP contribution in [0.4, 0.5) is 10.5 Å². The molecule has 1 aromatic carbocycles. The minimum atomic E-state index is -1.74. The molecule has 8 heteroatoms. The van der Waals surface area contributed by atoms with Crippen molar-refractivity contribution in [2.24, 2.45) is 0 Å². The van der Waals surface area contributed by atoms with Crippen molar-refractivity contribution in [3.8, 4) is 0 Å². The van der Waals surface area contributed by atoms with Crippen LogP contribution in [0.3, 0.4) is 0 Å². The molecule has 1 aromatic rings. The maximum Gasteiger partial charge on any atom is 0.489 e. The van der Waals surface area contributed by atoms with Crippen molar-refractivity contribution < 1.29 is 29.1 Å². The molecule has 0 atom stereocenters. The highest BCUT2D eigenvalue weighted by Gasteiger charge is 2.29. The van der Waals surface area contributed by atoms with Crippen LogP contribution in [0, 0.1) is 20.8 Å². The summed E-state index contributed by atoms with van der Waals surface area (Å²) < 4.78 is 10.1. The highest BCUT2D eigenvalue weighted by molar-refractivity contribution is 6.60. The van der Waals surface area contributed by atoms with Gasteiger partial charge in [-0.3, -0.25) is 9.69 Å². The quantitative estimate of drug-likeness (QED) is 0.618. The number of hydrogen-bond acceptors (Lipinski definition) is 6. The number of ether oxygens (including phenoxy) is 2. The number of nitrogens with zero attached hydrogens (tertiary/aromatic N) is 1. The van der Waals surface area contributed by atoms with Gasteiger partial charge in [-0.25, -0.2) is 4.79 Å². The summed E-state index contributed by atoms with van der Waals surface area (Å²) in [6, 6.07) is 0. The predicted molar refractivity (Wildman–Crippen MR) is 101 cm³/mol. The fourth-order valence-corrected chi connectivity index (χ4v) is 3.07. The van der Waals surface area contributed by atoms with Gasteiger partial charge < -0.3 is 19.5 Å². The number of carbonyl (C=O) groups excluding carboxylic acids is 2. The van der Waals surface area contributed by atoms with Crippen molar-refractivity contribution in [2.45, 2.75) is 53.6 Å². The average molecular weight is 365 g/mol. The van der Waals surface area contributed by atoms with Crippen molar-refractivity contribution >= 4 is 30.3 Å². The molecule has 0 aliphatic rings. The molecule has 0 unspecified atom stereocenters. The Labute approximate surface area is 155 Å². The van der Waals surface area contributed by atoms with E-state index >= 15 is 0 Å². The molecular weight excluding hydrogens is 337 g/mol. The second-order valence-corrected chi connectivity index (χ2v) is 7.28. The largest absolute Gasteiger partial charge is 0.489 e. The van der Waals surface area contributed by atoms with Crippen molar-refractivity contribution in [3.63, 3.8) is 0 Å². The van der Waals surface area contributed by atoms with E-state index in [1.54, 1.807) is 48.6 Å². The lowest BCUT2D eigenvalue weighted by Gasteiger charge is -2.29. The monoisotopic (exact) mass is 365 g/mol. The van der Waals surface area contributed by atoms with E-state index < -0.39 is 24.8 Å². The van der Waals surface area contributed by atoms with Gasteiger partial charge in [0.1, 0.15) is 5.60 Å². The molecule has 0 aliphatic heterocycles. The van der Waals surface area contributed by atoms with Crippen molar-refractivity contribution in [1.82, 2.24) is 0 Å². The zero-order valence-electron chi connectivity index (χ0n) is 16.8. The molecule has 0 saturated heterocycles. The number of anilines is 1. The van der Waals surface area contributed by atoms with Crippen LogP contribution in [0.15, 0.2) is 0 Å². The zero-order chi connectivity index (χ0) is 20.4. The Morgan fingerprint density at radius 2 is 1.62 bits per heavy atom. The molecule has 0 aliphatic carbocycles. The number of hydrogen-bond donors (Lipinski definition) is 2. The van der Waals surface area contributed by atoms with Crippen LogP contribution in [-0.2, 0) is 20.7 Å². The topological polar surface area (TPSA) is 96.3 Å². The van der Waals surface area contributed by atoms with Crippen LogP contribution in [-0.4, -0.2) is 49.0 Å². The second-order valence-electron chi connectivity index (χ2n) is 7.28. The number of methoxy groups -OCH3 is 1. The van der Waals surface area contributed by atoms with E-state index in [2.05, 4.69) is 0 Å². The Kier molecular flexibility index (Phi) is 6.85. The standard InChI is InChI=1S/C18H28BNO6/c1-10-13(9-14(21)25-8)11(2)16(12(3)15(10)19(23)24)20(7)17(22)26-18(4,5)6/h23-24H,9H2,1-8H3. The lowest BCUT2D eigenvalue weighted by molar-refractivity contribution is -0.139. The van der Waals surface area contributed by atoms with Crippen LogP contribution < -0.4 is 10.4 Å². The lowest BCUT2D eigenvalue weighted by Crippen LogP contribution is -2.40. The Morgan fingerprint density at radius 3 is 2.04 bits per heavy atom. The van der Waals surface area contributed by atoms with Crippen LogP contribution in [0.5, 0.6) is 0 Å². The van der Waals surface area contributed by atoms with Gasteiger partial charge in [-0.05, 0) is 69.3 Å². The lowest BCUT2D eigenvalue weighted by atomic mass is 9.71. The summed E-state index contributed by atoms with van der Waals surface area (Å²) in [6.07, 6.45) is -0.612. The third-order valence-corrected chi connectivity index (χ3v) is 4.23. The number of rotatable bonds is 4. The van der Waals surface area contributed by atoms with E-state index in [0.29, 0.717) is 27.9 Å². The fourth-order valence-electron chi connectivity index (χ4n) is 3.07. The van der Waals surface area contributed by atoms with E-state index in [1.807, 2.05) is 0 Å². The van der Waals surface area contributed by atoms with Gasteiger partial charge in [0.25, 0.3) is 0 Å². The van der Waals surface area contributed by atoms with Gasteiger partial charge in [0.15, 0.2) is 0 Å². The van der Waals surface area contributed by atoms with Gasteiger partial charge in [-0.15, -0.1) is 0 Å². The molecule has 1 rings (SSSR count). The number of amides is 1. The van der Waals surface area contributed by atoms with Crippen LogP contribution in [0.1, 0.15) is 43.0 Å². The highest BCUT2D eigenvalue weighted by Crippen LogP contribution is 2.30. The maximum atomic E-state index is 12.5. The minimum absolute atomic E-state index is 0.0384. The van der Waals surface area contributed by atoms with Crippen LogP contribution >= 0.6 is 0 Å². The first-order chi connectivity index (χ1) is 11.8. The predicted octanol–water partition coefficient (Wildman–Crippen LogP) is 1.38. The number of benzene rings is 1. The third-order valence-electron chi connectivity index (χ3n) is 4.23. The normalized spacial score (nSPS) is 11.2. The minimum Gasteiger partial charge on any atom is -0.469 e. The number of carbonyl (C=O) groups is 2. The van der Waals surface area contributed by atoms with Crippen molar-refractivity contribution in [1.29, 1.82) is 0 Å². The van der Waals surface area contributed by atoms with Crippen molar-refractivity contribution in [3.05, 3.63) is 22.3 Å². The fraction of sp³-hybridized carbons (Fsp3) is 0.556. The summed E-state index contributed by atoms with van der Waals surface area (Å²) in [5.41, 5.74) is 2.47. The molecule has 0 radical (unpaired) electrons. The smallest absolute Gasteiger partial charge is 0.469 e. The summed E-state index contributed by atoms with van der Waals surface area (Å²) in [6.45, 7) is 10.5. The first-order valence-electron chi connectivity index (χ1n) is 8.34. The second kappa shape index (κ2) is 8.10. The van der Waals surface area contributed by atoms with Gasteiger partial charge in [-0.2, -0.15) is 0 Å². The summed E-state index contributed by atoms with van der Waals surface area (Å²) in [4.78, 5) is 25.6. The molecule has 0 aromatic heterocycles. The first kappa shape index (κ1) is 22.0. The molecule has 0 saturated carbocycles. The summed E-state index contributed by atoms with van der Waals surface area (Å²) in [5, 5.41) is 19.7. The SMILES string of the molecule is COC(=O)Cc1c(C)c(B(O)O)c(C)c(N(C)C(=O)OC(C)(C)C)c1C. The molecular formula is C18H28BNO6. The summed E-state index contributed by atoms with van der Waals surface area (Å²) in [7, 11) is 1.10. The number of esters is 1. The van der Waals surface area contributed by atoms with E-state index in [4.69, 9.17) is 9.47 Å². The Hall–Kier alpha value is -2.06. The molecule has 0 fully saturated rings. The van der Waals surface area contributed by atoms with Gasteiger partial charge >= 0.3 is 19.2 Å². The van der Waals surface area contributed by atoms with Gasteiger partial charge in [0, 0.05) is 7.05 Å². The zero-order valence-corrected chi connectivity index (χ0v) is 16.8. The van der Waals surface area contributed by atoms with E-state index in [9.17, 15) is 19.6 Å². The summed E-state index contributed by atoms with van der Waals surface area (Å²) >= 11 is 0. The van der Waals surface area contributed by atoms with E-state index in [1.165, 1.54) is 12.0 Å². The van der Waals surface area contributed by atoms with E-state index in [-0.39, 0.29) is 11.9 Å².